The Balaban J connectivity index is 1.91. The lowest BCUT2D eigenvalue weighted by atomic mass is 10.1. The fraction of sp³-hybridized carbons (Fsp3) is 0.400. The first-order chi connectivity index (χ1) is 9.31. The Morgan fingerprint density at radius 1 is 1.16 bits per heavy atom. The summed E-state index contributed by atoms with van der Waals surface area (Å²) in [4.78, 5) is 4.40. The van der Waals surface area contributed by atoms with Gasteiger partial charge in [-0.2, -0.15) is 0 Å². The number of unbranched alkanes of at least 4 members (excludes halogenated alkanes) is 2. The summed E-state index contributed by atoms with van der Waals surface area (Å²) in [6.07, 6.45) is 2.99. The molecule has 0 saturated carbocycles. The number of nitrogens with zero attached hydrogens (tertiary/aromatic N) is 1. The van der Waals surface area contributed by atoms with E-state index in [4.69, 9.17) is 16.7 Å². The topological polar surface area (TPSA) is 45.1 Å². The Labute approximate surface area is 118 Å². The van der Waals surface area contributed by atoms with Crippen molar-refractivity contribution < 1.29 is 5.11 Å². The second-order valence-electron chi connectivity index (χ2n) is 4.59. The van der Waals surface area contributed by atoms with Crippen molar-refractivity contribution >= 4 is 22.5 Å². The Morgan fingerprint density at radius 3 is 2.84 bits per heavy atom. The largest absolute Gasteiger partial charge is 0.396 e. The molecule has 2 aromatic rings. The van der Waals surface area contributed by atoms with E-state index in [0.29, 0.717) is 5.15 Å². The van der Waals surface area contributed by atoms with Crippen LogP contribution in [-0.4, -0.2) is 23.2 Å². The molecule has 1 heterocycles. The van der Waals surface area contributed by atoms with Gasteiger partial charge in [-0.05, 0) is 37.9 Å². The minimum absolute atomic E-state index is 0.278. The fourth-order valence-electron chi connectivity index (χ4n) is 2.02. The third kappa shape index (κ3) is 4.16. The first-order valence-electron chi connectivity index (χ1n) is 6.67. The number of pyridine rings is 1. The van der Waals surface area contributed by atoms with Gasteiger partial charge in [0.2, 0.25) is 0 Å². The summed E-state index contributed by atoms with van der Waals surface area (Å²) < 4.78 is 0. The van der Waals surface area contributed by atoms with Crippen molar-refractivity contribution in [3.05, 3.63) is 41.0 Å². The van der Waals surface area contributed by atoms with Crippen molar-refractivity contribution in [1.82, 2.24) is 10.3 Å². The van der Waals surface area contributed by atoms with Crippen LogP contribution in [-0.2, 0) is 6.54 Å². The van der Waals surface area contributed by atoms with Crippen LogP contribution in [0.15, 0.2) is 30.3 Å². The van der Waals surface area contributed by atoms with Gasteiger partial charge >= 0.3 is 0 Å². The number of halogens is 1. The minimum atomic E-state index is 0.278. The van der Waals surface area contributed by atoms with E-state index in [1.54, 1.807) is 0 Å². The van der Waals surface area contributed by atoms with Gasteiger partial charge in [-0.25, -0.2) is 4.98 Å². The predicted octanol–water partition coefficient (Wildman–Crippen LogP) is 3.14. The van der Waals surface area contributed by atoms with Gasteiger partial charge in [0, 0.05) is 24.1 Å². The molecule has 0 aliphatic heterocycles. The third-order valence-corrected chi connectivity index (χ3v) is 3.40. The van der Waals surface area contributed by atoms with Gasteiger partial charge in [-0.1, -0.05) is 29.8 Å². The highest BCUT2D eigenvalue weighted by atomic mass is 35.5. The number of aliphatic hydroxyl groups is 1. The highest BCUT2D eigenvalue weighted by Crippen LogP contribution is 2.20. The van der Waals surface area contributed by atoms with E-state index in [1.807, 2.05) is 24.3 Å². The highest BCUT2D eigenvalue weighted by molar-refractivity contribution is 6.30. The van der Waals surface area contributed by atoms with Crippen LogP contribution in [0.5, 0.6) is 0 Å². The molecule has 1 aromatic carbocycles. The zero-order chi connectivity index (χ0) is 13.5. The first kappa shape index (κ1) is 14.3. The van der Waals surface area contributed by atoms with Crippen LogP contribution >= 0.6 is 11.6 Å². The smallest absolute Gasteiger partial charge is 0.134 e. The molecule has 19 heavy (non-hydrogen) atoms. The molecule has 0 spiro atoms. The van der Waals surface area contributed by atoms with Gasteiger partial charge in [0.1, 0.15) is 5.15 Å². The number of nitrogens with one attached hydrogen (secondary N) is 1. The van der Waals surface area contributed by atoms with Crippen LogP contribution in [0.25, 0.3) is 10.9 Å². The average Bonchev–Trinajstić information content (AvgIpc) is 2.43. The van der Waals surface area contributed by atoms with Crippen molar-refractivity contribution in [3.63, 3.8) is 0 Å². The number of fused-ring (bicyclic) bond motifs is 1. The van der Waals surface area contributed by atoms with Gasteiger partial charge in [0.25, 0.3) is 0 Å². The molecular formula is C15H19ClN2O. The van der Waals surface area contributed by atoms with Gasteiger partial charge in [0.15, 0.2) is 0 Å². The zero-order valence-electron chi connectivity index (χ0n) is 10.9. The van der Waals surface area contributed by atoms with E-state index in [9.17, 15) is 0 Å². The molecule has 0 atom stereocenters. The maximum atomic E-state index is 8.69. The average molecular weight is 279 g/mol. The number of para-hydroxylation sites is 1. The van der Waals surface area contributed by atoms with Gasteiger partial charge in [-0.3, -0.25) is 0 Å². The Kier molecular flexibility index (Phi) is 5.58. The van der Waals surface area contributed by atoms with Gasteiger partial charge in [0.05, 0.1) is 5.52 Å². The normalized spacial score (nSPS) is 11.1. The van der Waals surface area contributed by atoms with Crippen LogP contribution in [0.2, 0.25) is 5.15 Å². The number of hydrogen-bond acceptors (Lipinski definition) is 3. The van der Waals surface area contributed by atoms with Crippen molar-refractivity contribution in [2.75, 3.05) is 13.2 Å². The molecule has 0 saturated heterocycles. The summed E-state index contributed by atoms with van der Waals surface area (Å²) in [6.45, 7) is 1.94. The molecule has 3 nitrogen and oxygen atoms in total. The maximum Gasteiger partial charge on any atom is 0.134 e. The Bertz CT molecular complexity index is 531. The number of hydrogen-bond donors (Lipinski definition) is 2. The monoisotopic (exact) mass is 278 g/mol. The quantitative estimate of drug-likeness (QED) is 0.604. The molecule has 0 bridgehead atoms. The number of rotatable bonds is 7. The van der Waals surface area contributed by atoms with E-state index in [-0.39, 0.29) is 6.61 Å². The summed E-state index contributed by atoms with van der Waals surface area (Å²) in [5.74, 6) is 0. The standard InChI is InChI=1S/C15H19ClN2O/c16-15-13(11-17-8-4-1-5-9-19)10-12-6-2-3-7-14(12)18-15/h2-3,6-7,10,17,19H,1,4-5,8-9,11H2. The number of aliphatic hydroxyl groups excluding tert-OH is 1. The predicted molar refractivity (Wildman–Crippen MR) is 79.4 cm³/mol. The molecule has 4 heteroatoms. The van der Waals surface area contributed by atoms with E-state index in [0.717, 1.165) is 48.8 Å². The van der Waals surface area contributed by atoms with E-state index in [2.05, 4.69) is 16.4 Å². The molecule has 0 aliphatic carbocycles. The molecule has 0 aliphatic rings. The van der Waals surface area contributed by atoms with Crippen molar-refractivity contribution in [3.8, 4) is 0 Å². The van der Waals surface area contributed by atoms with Crippen LogP contribution < -0.4 is 5.32 Å². The van der Waals surface area contributed by atoms with Crippen LogP contribution in [0.4, 0.5) is 0 Å². The molecule has 1 aromatic heterocycles. The maximum absolute atomic E-state index is 8.69. The number of benzene rings is 1. The highest BCUT2D eigenvalue weighted by Gasteiger charge is 2.04. The van der Waals surface area contributed by atoms with Crippen LogP contribution in [0.1, 0.15) is 24.8 Å². The molecule has 2 rings (SSSR count). The summed E-state index contributed by atoms with van der Waals surface area (Å²) >= 11 is 6.18. The first-order valence-corrected chi connectivity index (χ1v) is 7.05. The summed E-state index contributed by atoms with van der Waals surface area (Å²) in [5.41, 5.74) is 1.96. The summed E-state index contributed by atoms with van der Waals surface area (Å²) in [7, 11) is 0. The summed E-state index contributed by atoms with van der Waals surface area (Å²) in [6, 6.07) is 10.1. The Hall–Kier alpha value is -1.16. The Morgan fingerprint density at radius 2 is 2.00 bits per heavy atom. The molecule has 2 N–H and O–H groups in total. The summed E-state index contributed by atoms with van der Waals surface area (Å²) in [5, 5.41) is 13.7. The van der Waals surface area contributed by atoms with Gasteiger partial charge in [-0.15, -0.1) is 0 Å². The van der Waals surface area contributed by atoms with E-state index < -0.39 is 0 Å². The molecule has 0 fully saturated rings. The SMILES string of the molecule is OCCCCCNCc1cc2ccccc2nc1Cl. The van der Waals surface area contributed by atoms with Crippen molar-refractivity contribution in [1.29, 1.82) is 0 Å². The van der Waals surface area contributed by atoms with Gasteiger partial charge < -0.3 is 10.4 Å². The van der Waals surface area contributed by atoms with E-state index in [1.165, 1.54) is 0 Å². The minimum Gasteiger partial charge on any atom is -0.396 e. The third-order valence-electron chi connectivity index (χ3n) is 3.08. The van der Waals surface area contributed by atoms with Crippen LogP contribution in [0, 0.1) is 0 Å². The molecule has 102 valence electrons. The van der Waals surface area contributed by atoms with Crippen molar-refractivity contribution in [2.24, 2.45) is 0 Å². The van der Waals surface area contributed by atoms with Crippen LogP contribution in [0.3, 0.4) is 0 Å². The fourth-order valence-corrected chi connectivity index (χ4v) is 2.23. The lowest BCUT2D eigenvalue weighted by molar-refractivity contribution is 0.283. The second kappa shape index (κ2) is 7.43. The molecular weight excluding hydrogens is 260 g/mol. The molecule has 0 amide bonds. The lowest BCUT2D eigenvalue weighted by Crippen LogP contribution is -2.15. The second-order valence-corrected chi connectivity index (χ2v) is 4.95. The number of aromatic nitrogens is 1. The zero-order valence-corrected chi connectivity index (χ0v) is 11.7. The lowest BCUT2D eigenvalue weighted by Gasteiger charge is -2.07. The molecule has 0 radical (unpaired) electrons. The molecule has 0 unspecified atom stereocenters. The van der Waals surface area contributed by atoms with Crippen molar-refractivity contribution in [2.45, 2.75) is 25.8 Å². The van der Waals surface area contributed by atoms with E-state index >= 15 is 0 Å².